The van der Waals surface area contributed by atoms with E-state index in [1.165, 1.54) is 29.3 Å². The minimum atomic E-state index is -0.426. The maximum Gasteiger partial charge on any atom is 0.288 e. The van der Waals surface area contributed by atoms with Crippen LogP contribution in [0.5, 0.6) is 0 Å². The van der Waals surface area contributed by atoms with E-state index in [0.29, 0.717) is 22.8 Å². The standard InChI is InChI=1S/C15H12ClFN4O2/c1-18-12-6-19-21(15(22)13(12)16)7-11-8-23-14(20-11)9-2-4-10(17)5-3-9/h2-6,8,18H,7H2,1H3. The van der Waals surface area contributed by atoms with Gasteiger partial charge in [0.05, 0.1) is 18.4 Å². The highest BCUT2D eigenvalue weighted by Gasteiger charge is 2.12. The molecule has 8 heteroatoms. The number of nitrogens with one attached hydrogen (secondary N) is 1. The van der Waals surface area contributed by atoms with Crippen LogP contribution in [0, 0.1) is 5.82 Å². The SMILES string of the molecule is CNc1cnn(Cc2coc(-c3ccc(F)cc3)n2)c(=O)c1Cl. The Kier molecular flexibility index (Phi) is 4.12. The molecule has 0 unspecified atom stereocenters. The summed E-state index contributed by atoms with van der Waals surface area (Å²) in [5.74, 6) is 0.00142. The summed E-state index contributed by atoms with van der Waals surface area (Å²) in [6.07, 6.45) is 2.89. The topological polar surface area (TPSA) is 73.0 Å². The fourth-order valence-electron chi connectivity index (χ4n) is 2.01. The van der Waals surface area contributed by atoms with Crippen LogP contribution in [0.1, 0.15) is 5.69 Å². The summed E-state index contributed by atoms with van der Waals surface area (Å²) in [6, 6.07) is 5.77. The zero-order chi connectivity index (χ0) is 16.4. The molecule has 0 amide bonds. The quantitative estimate of drug-likeness (QED) is 0.794. The number of hydrogen-bond acceptors (Lipinski definition) is 5. The van der Waals surface area contributed by atoms with Crippen LogP contribution < -0.4 is 10.9 Å². The van der Waals surface area contributed by atoms with Crippen LogP contribution in [0.2, 0.25) is 5.02 Å². The molecule has 0 spiro atoms. The van der Waals surface area contributed by atoms with E-state index in [1.807, 2.05) is 0 Å². The second-order valence-corrected chi connectivity index (χ2v) is 5.11. The predicted octanol–water partition coefficient (Wildman–Crippen LogP) is 2.78. The molecule has 2 heterocycles. The Balaban J connectivity index is 1.86. The molecule has 0 radical (unpaired) electrons. The van der Waals surface area contributed by atoms with Crippen molar-refractivity contribution in [3.8, 4) is 11.5 Å². The Morgan fingerprint density at radius 2 is 2.09 bits per heavy atom. The molecule has 0 atom stereocenters. The molecule has 23 heavy (non-hydrogen) atoms. The number of aromatic nitrogens is 3. The van der Waals surface area contributed by atoms with E-state index in [-0.39, 0.29) is 17.4 Å². The smallest absolute Gasteiger partial charge is 0.288 e. The lowest BCUT2D eigenvalue weighted by Gasteiger charge is -2.05. The second kappa shape index (κ2) is 6.21. The third kappa shape index (κ3) is 3.09. The van der Waals surface area contributed by atoms with Crippen LogP contribution in [0.3, 0.4) is 0 Å². The zero-order valence-electron chi connectivity index (χ0n) is 12.1. The number of hydrogen-bond donors (Lipinski definition) is 1. The van der Waals surface area contributed by atoms with Crippen molar-refractivity contribution in [3.05, 3.63) is 63.6 Å². The average Bonchev–Trinajstić information content (AvgIpc) is 3.01. The van der Waals surface area contributed by atoms with Crippen molar-refractivity contribution in [2.45, 2.75) is 6.54 Å². The predicted molar refractivity (Wildman–Crippen MR) is 84.1 cm³/mol. The van der Waals surface area contributed by atoms with E-state index < -0.39 is 5.56 Å². The van der Waals surface area contributed by atoms with Crippen molar-refractivity contribution in [2.24, 2.45) is 0 Å². The van der Waals surface area contributed by atoms with Gasteiger partial charge in [-0.05, 0) is 24.3 Å². The maximum atomic E-state index is 12.9. The molecule has 3 rings (SSSR count). The van der Waals surface area contributed by atoms with Gasteiger partial charge in [0.2, 0.25) is 5.89 Å². The fraction of sp³-hybridized carbons (Fsp3) is 0.133. The number of oxazole rings is 1. The average molecular weight is 335 g/mol. The highest BCUT2D eigenvalue weighted by Crippen LogP contribution is 2.19. The maximum absolute atomic E-state index is 12.9. The molecule has 2 aromatic heterocycles. The van der Waals surface area contributed by atoms with Gasteiger partial charge in [-0.3, -0.25) is 4.79 Å². The summed E-state index contributed by atoms with van der Waals surface area (Å²) in [7, 11) is 1.65. The Bertz CT molecular complexity index is 889. The molecule has 0 saturated carbocycles. The molecule has 0 fully saturated rings. The number of benzene rings is 1. The third-order valence-corrected chi connectivity index (χ3v) is 3.57. The third-order valence-electron chi connectivity index (χ3n) is 3.21. The van der Waals surface area contributed by atoms with Gasteiger partial charge < -0.3 is 9.73 Å². The van der Waals surface area contributed by atoms with Crippen molar-refractivity contribution < 1.29 is 8.81 Å². The molecule has 3 aromatic rings. The van der Waals surface area contributed by atoms with Gasteiger partial charge in [0.1, 0.15) is 22.8 Å². The largest absolute Gasteiger partial charge is 0.444 e. The van der Waals surface area contributed by atoms with Gasteiger partial charge in [-0.15, -0.1) is 0 Å². The first-order chi connectivity index (χ1) is 11.1. The van der Waals surface area contributed by atoms with Crippen LogP contribution >= 0.6 is 11.6 Å². The molecule has 0 saturated heterocycles. The van der Waals surface area contributed by atoms with Gasteiger partial charge in [0.15, 0.2) is 0 Å². The molecular weight excluding hydrogens is 323 g/mol. The van der Waals surface area contributed by atoms with E-state index in [1.54, 1.807) is 19.2 Å². The van der Waals surface area contributed by atoms with Gasteiger partial charge >= 0.3 is 0 Å². The lowest BCUT2D eigenvalue weighted by Crippen LogP contribution is -2.24. The van der Waals surface area contributed by atoms with Crippen LogP contribution in [-0.4, -0.2) is 21.8 Å². The summed E-state index contributed by atoms with van der Waals surface area (Å²) in [5.41, 5.74) is 1.18. The minimum absolute atomic E-state index is 0.0600. The Morgan fingerprint density at radius 1 is 1.35 bits per heavy atom. The van der Waals surface area contributed by atoms with Gasteiger partial charge in [-0.25, -0.2) is 14.1 Å². The molecule has 6 nitrogen and oxygen atoms in total. The molecule has 1 aromatic carbocycles. The minimum Gasteiger partial charge on any atom is -0.444 e. The Labute approximate surface area is 135 Å². The Hall–Kier alpha value is -2.67. The highest BCUT2D eigenvalue weighted by atomic mass is 35.5. The lowest BCUT2D eigenvalue weighted by molar-refractivity contribution is 0.567. The van der Waals surface area contributed by atoms with E-state index in [0.717, 1.165) is 0 Å². The van der Waals surface area contributed by atoms with Gasteiger partial charge in [0, 0.05) is 12.6 Å². The number of nitrogens with zero attached hydrogens (tertiary/aromatic N) is 3. The van der Waals surface area contributed by atoms with Gasteiger partial charge in [0.25, 0.3) is 5.56 Å². The first-order valence-corrected chi connectivity index (χ1v) is 7.10. The first kappa shape index (κ1) is 15.2. The summed E-state index contributed by atoms with van der Waals surface area (Å²) in [6.45, 7) is 0.118. The van der Waals surface area contributed by atoms with Crippen molar-refractivity contribution in [2.75, 3.05) is 12.4 Å². The molecule has 0 bridgehead atoms. The van der Waals surface area contributed by atoms with Crippen molar-refractivity contribution in [3.63, 3.8) is 0 Å². The number of anilines is 1. The van der Waals surface area contributed by atoms with Gasteiger partial charge in [-0.2, -0.15) is 5.10 Å². The monoisotopic (exact) mass is 334 g/mol. The van der Waals surface area contributed by atoms with Crippen LogP contribution in [0.15, 0.2) is 45.9 Å². The summed E-state index contributed by atoms with van der Waals surface area (Å²) >= 11 is 5.97. The molecule has 118 valence electrons. The van der Waals surface area contributed by atoms with E-state index in [4.69, 9.17) is 16.0 Å². The highest BCUT2D eigenvalue weighted by molar-refractivity contribution is 6.32. The number of halogens is 2. The lowest BCUT2D eigenvalue weighted by atomic mass is 10.2. The van der Waals surface area contributed by atoms with E-state index >= 15 is 0 Å². The Morgan fingerprint density at radius 3 is 2.78 bits per heavy atom. The van der Waals surface area contributed by atoms with Crippen molar-refractivity contribution in [1.82, 2.24) is 14.8 Å². The molecule has 0 aliphatic carbocycles. The summed E-state index contributed by atoms with van der Waals surface area (Å²) in [5, 5.41) is 6.87. The zero-order valence-corrected chi connectivity index (χ0v) is 12.8. The van der Waals surface area contributed by atoms with Crippen LogP contribution in [-0.2, 0) is 6.54 Å². The fourth-order valence-corrected chi connectivity index (χ4v) is 2.25. The van der Waals surface area contributed by atoms with Gasteiger partial charge in [-0.1, -0.05) is 11.6 Å². The van der Waals surface area contributed by atoms with Crippen molar-refractivity contribution in [1.29, 1.82) is 0 Å². The number of rotatable bonds is 4. The second-order valence-electron chi connectivity index (χ2n) is 4.74. The van der Waals surface area contributed by atoms with Crippen LogP contribution in [0.25, 0.3) is 11.5 Å². The summed E-state index contributed by atoms with van der Waals surface area (Å²) < 4.78 is 19.5. The van der Waals surface area contributed by atoms with E-state index in [2.05, 4.69) is 15.4 Å². The normalized spacial score (nSPS) is 10.7. The van der Waals surface area contributed by atoms with Crippen LogP contribution in [0.4, 0.5) is 10.1 Å². The summed E-state index contributed by atoms with van der Waals surface area (Å²) in [4.78, 5) is 16.4. The molecule has 0 aliphatic rings. The molecule has 0 aliphatic heterocycles. The molecule has 1 N–H and O–H groups in total. The first-order valence-electron chi connectivity index (χ1n) is 6.72. The molecular formula is C15H12ClFN4O2. The van der Waals surface area contributed by atoms with E-state index in [9.17, 15) is 9.18 Å². The van der Waals surface area contributed by atoms with Crippen molar-refractivity contribution >= 4 is 17.3 Å².